The van der Waals surface area contributed by atoms with Crippen LogP contribution in [-0.4, -0.2) is 29.0 Å². The number of aryl methyl sites for hydroxylation is 1. The Kier molecular flexibility index (Phi) is 6.82. The zero-order chi connectivity index (χ0) is 25.2. The number of nitrogens with zero attached hydrogens (tertiary/aromatic N) is 3. The van der Waals surface area contributed by atoms with Crippen LogP contribution in [-0.2, 0) is 10.4 Å². The van der Waals surface area contributed by atoms with Crippen molar-refractivity contribution in [1.82, 2.24) is 10.4 Å². The summed E-state index contributed by atoms with van der Waals surface area (Å²) < 4.78 is 42.6. The molecule has 0 bridgehead atoms. The molecule has 1 aliphatic heterocycles. The first kappa shape index (κ1) is 24.7. The topological polar surface area (TPSA) is 75.9 Å². The molecule has 1 unspecified atom stereocenters. The van der Waals surface area contributed by atoms with E-state index in [4.69, 9.17) is 28.0 Å². The molecule has 1 aliphatic rings. The first-order chi connectivity index (χ1) is 16.6. The van der Waals surface area contributed by atoms with Crippen molar-refractivity contribution in [2.75, 3.05) is 0 Å². The van der Waals surface area contributed by atoms with Crippen LogP contribution >= 0.6 is 23.2 Å². The van der Waals surface area contributed by atoms with Crippen molar-refractivity contribution >= 4 is 41.0 Å². The molecule has 1 atom stereocenters. The third-order valence-electron chi connectivity index (χ3n) is 5.39. The lowest BCUT2D eigenvalue weighted by Crippen LogP contribution is -2.42. The van der Waals surface area contributed by atoms with Gasteiger partial charge in [0.05, 0.1) is 11.9 Å². The summed E-state index contributed by atoms with van der Waals surface area (Å²) in [5.41, 5.74) is 1.58. The minimum Gasteiger partial charge on any atom is -0.374 e. The maximum absolute atomic E-state index is 14.2. The third kappa shape index (κ3) is 5.16. The molecule has 0 aliphatic carbocycles. The summed E-state index contributed by atoms with van der Waals surface area (Å²) >= 11 is 11.9. The fourth-order valence-corrected chi connectivity index (χ4v) is 4.09. The summed E-state index contributed by atoms with van der Waals surface area (Å²) in [7, 11) is 0. The van der Waals surface area contributed by atoms with E-state index in [-0.39, 0.29) is 27.0 Å². The van der Waals surface area contributed by atoms with Crippen LogP contribution in [0.4, 0.5) is 13.2 Å². The number of aromatic nitrogens is 1. The van der Waals surface area contributed by atoms with Crippen LogP contribution in [0, 0.1) is 6.92 Å². The van der Waals surface area contributed by atoms with Crippen molar-refractivity contribution in [3.05, 3.63) is 98.8 Å². The maximum Gasteiger partial charge on any atom is 0.435 e. The van der Waals surface area contributed by atoms with Crippen molar-refractivity contribution in [3.63, 3.8) is 0 Å². The number of pyridine rings is 1. The van der Waals surface area contributed by atoms with Crippen LogP contribution in [0.3, 0.4) is 0 Å². The lowest BCUT2D eigenvalue weighted by atomic mass is 9.86. The van der Waals surface area contributed by atoms with Crippen LogP contribution < -0.4 is 5.43 Å². The molecule has 2 heterocycles. The van der Waals surface area contributed by atoms with Gasteiger partial charge in [0.15, 0.2) is 0 Å². The second kappa shape index (κ2) is 9.67. The first-order valence-electron chi connectivity index (χ1n) is 10.2. The molecule has 0 radical (unpaired) electrons. The van der Waals surface area contributed by atoms with Crippen molar-refractivity contribution in [2.45, 2.75) is 25.1 Å². The molecular weight excluding hydrogens is 504 g/mol. The normalized spacial score (nSPS) is 17.8. The first-order valence-corrected chi connectivity index (χ1v) is 11.0. The Morgan fingerprint density at radius 2 is 1.89 bits per heavy atom. The van der Waals surface area contributed by atoms with Gasteiger partial charge >= 0.3 is 6.18 Å². The molecule has 4 rings (SSSR count). The summed E-state index contributed by atoms with van der Waals surface area (Å²) in [5, 5.41) is 7.80. The predicted molar refractivity (Wildman–Crippen MR) is 127 cm³/mol. The molecular formula is C24H17Cl2F3N4O2. The molecule has 1 N–H and O–H groups in total. The molecule has 35 heavy (non-hydrogen) atoms. The van der Waals surface area contributed by atoms with Gasteiger partial charge in [0.25, 0.3) is 11.5 Å². The molecule has 180 valence electrons. The average Bonchev–Trinajstić information content (AvgIpc) is 3.27. The monoisotopic (exact) mass is 520 g/mol. The quantitative estimate of drug-likeness (QED) is 0.329. The summed E-state index contributed by atoms with van der Waals surface area (Å²) in [4.78, 5) is 21.0. The lowest BCUT2D eigenvalue weighted by Gasteiger charge is -2.29. The van der Waals surface area contributed by atoms with Gasteiger partial charge in [-0.15, -0.1) is 0 Å². The Hall–Kier alpha value is -3.43. The lowest BCUT2D eigenvalue weighted by molar-refractivity contribution is -0.275. The van der Waals surface area contributed by atoms with Gasteiger partial charge in [0, 0.05) is 28.2 Å². The molecule has 6 nitrogen and oxygen atoms in total. The van der Waals surface area contributed by atoms with Gasteiger partial charge in [0.2, 0.25) is 0 Å². The second-order valence-electron chi connectivity index (χ2n) is 7.77. The van der Waals surface area contributed by atoms with E-state index in [2.05, 4.69) is 20.7 Å². The number of benzene rings is 2. The van der Waals surface area contributed by atoms with Crippen LogP contribution in [0.1, 0.15) is 39.2 Å². The Morgan fingerprint density at radius 1 is 1.14 bits per heavy atom. The summed E-state index contributed by atoms with van der Waals surface area (Å²) in [6.45, 7) is 1.76. The van der Waals surface area contributed by atoms with E-state index in [0.717, 1.165) is 0 Å². The highest BCUT2D eigenvalue weighted by Gasteiger charge is 2.62. The molecule has 2 aromatic carbocycles. The van der Waals surface area contributed by atoms with E-state index in [1.807, 2.05) is 0 Å². The van der Waals surface area contributed by atoms with E-state index >= 15 is 0 Å². The highest BCUT2D eigenvalue weighted by molar-refractivity contribution is 6.34. The Balaban J connectivity index is 1.53. The Morgan fingerprint density at radius 3 is 2.51 bits per heavy atom. The van der Waals surface area contributed by atoms with Crippen molar-refractivity contribution < 1.29 is 22.8 Å². The number of hydrogen-bond acceptors (Lipinski definition) is 5. The highest BCUT2D eigenvalue weighted by Crippen LogP contribution is 2.49. The van der Waals surface area contributed by atoms with Crippen molar-refractivity contribution in [3.8, 4) is 0 Å². The Bertz CT molecular complexity index is 1310. The van der Waals surface area contributed by atoms with Gasteiger partial charge in [-0.3, -0.25) is 9.78 Å². The number of carbonyl (C=O) groups is 1. The molecule has 0 saturated heterocycles. The van der Waals surface area contributed by atoms with Crippen LogP contribution in [0.5, 0.6) is 0 Å². The number of hydrogen-bond donors (Lipinski definition) is 1. The average molecular weight is 521 g/mol. The fraction of sp³-hybridized carbons (Fsp3) is 0.167. The number of halogens is 5. The molecule has 3 aromatic rings. The number of nitrogens with one attached hydrogen (secondary N) is 1. The molecule has 1 amide bonds. The molecule has 0 saturated carbocycles. The zero-order valence-corrected chi connectivity index (χ0v) is 19.6. The largest absolute Gasteiger partial charge is 0.435 e. The summed E-state index contributed by atoms with van der Waals surface area (Å²) in [5.74, 6) is -0.474. The number of amides is 1. The van der Waals surface area contributed by atoms with E-state index in [1.54, 1.807) is 43.3 Å². The van der Waals surface area contributed by atoms with Crippen molar-refractivity contribution in [1.29, 1.82) is 0 Å². The van der Waals surface area contributed by atoms with Gasteiger partial charge in [-0.2, -0.15) is 18.3 Å². The van der Waals surface area contributed by atoms with E-state index < -0.39 is 24.1 Å². The van der Waals surface area contributed by atoms with Crippen molar-refractivity contribution in [2.24, 2.45) is 10.3 Å². The molecule has 0 fully saturated rings. The second-order valence-corrected chi connectivity index (χ2v) is 8.65. The summed E-state index contributed by atoms with van der Waals surface area (Å²) in [6.07, 6.45) is -2.41. The third-order valence-corrected chi connectivity index (χ3v) is 5.82. The zero-order valence-electron chi connectivity index (χ0n) is 18.1. The molecule has 1 aromatic heterocycles. The van der Waals surface area contributed by atoms with E-state index in [0.29, 0.717) is 16.7 Å². The number of hydrazone groups is 1. The minimum atomic E-state index is -4.78. The van der Waals surface area contributed by atoms with Gasteiger partial charge < -0.3 is 4.84 Å². The number of carbonyl (C=O) groups excluding carboxylic acids is 1. The maximum atomic E-state index is 14.2. The number of oxime groups is 1. The van der Waals surface area contributed by atoms with Gasteiger partial charge in [-0.25, -0.2) is 5.43 Å². The minimum absolute atomic E-state index is 0.0581. The number of rotatable bonds is 5. The van der Waals surface area contributed by atoms with Gasteiger partial charge in [0.1, 0.15) is 5.69 Å². The van der Waals surface area contributed by atoms with E-state index in [9.17, 15) is 18.0 Å². The van der Waals surface area contributed by atoms with E-state index in [1.165, 1.54) is 30.6 Å². The number of alkyl halides is 3. The van der Waals surface area contributed by atoms with Crippen LogP contribution in [0.15, 0.2) is 71.1 Å². The molecule has 0 spiro atoms. The highest BCUT2D eigenvalue weighted by atomic mass is 35.5. The fourth-order valence-electron chi connectivity index (χ4n) is 3.56. The van der Waals surface area contributed by atoms with Gasteiger partial charge in [-0.05, 0) is 60.0 Å². The smallest absolute Gasteiger partial charge is 0.374 e. The van der Waals surface area contributed by atoms with Crippen LogP contribution in [0.2, 0.25) is 10.0 Å². The van der Waals surface area contributed by atoms with Gasteiger partial charge in [-0.1, -0.05) is 46.6 Å². The summed E-state index contributed by atoms with van der Waals surface area (Å²) in [6, 6.07) is 13.5. The Labute approximate surface area is 208 Å². The van der Waals surface area contributed by atoms with Crippen LogP contribution in [0.25, 0.3) is 0 Å². The standard InChI is InChI=1S/C24H17Cl2F3N4O2/c1-14-8-15(5-6-16(14)13-31-32-22(34)20-4-2-3-7-30-20)21-12-23(35-33-21,24(27,28)29)17-9-18(25)11-19(26)10-17/h2-11,13H,12H2,1H3,(H,32,34)/b31-13-. The SMILES string of the molecule is Cc1cc(C2=NOC(c3cc(Cl)cc(Cl)c3)(C(F)(F)F)C2)ccc1/C=N\NC(=O)c1ccccn1. The molecule has 11 heteroatoms. The predicted octanol–water partition coefficient (Wildman–Crippen LogP) is 6.04.